The largest absolute Gasteiger partial charge is 0.393 e. The molecule has 2 aliphatic rings. The summed E-state index contributed by atoms with van der Waals surface area (Å²) < 4.78 is 0. The number of nitrogens with one attached hydrogen (secondary N) is 1. The predicted octanol–water partition coefficient (Wildman–Crippen LogP) is 1.82. The molecule has 1 aromatic carbocycles. The number of rotatable bonds is 5. The molecule has 2 N–H and O–H groups in total. The van der Waals surface area contributed by atoms with Gasteiger partial charge in [0.15, 0.2) is 0 Å². The predicted molar refractivity (Wildman–Crippen MR) is 94.9 cm³/mol. The molecule has 0 bridgehead atoms. The van der Waals surface area contributed by atoms with Crippen LogP contribution in [0.15, 0.2) is 35.4 Å². The maximum atomic E-state index is 12.3. The summed E-state index contributed by atoms with van der Waals surface area (Å²) in [6.07, 6.45) is 3.93. The van der Waals surface area contributed by atoms with Crippen LogP contribution in [0.2, 0.25) is 0 Å². The molecule has 1 fully saturated rings. The minimum Gasteiger partial charge on any atom is -0.393 e. The number of aliphatic hydroxyl groups is 1. The van der Waals surface area contributed by atoms with Gasteiger partial charge in [0.25, 0.3) is 0 Å². The molecule has 3 rings (SSSR count). The Balaban J connectivity index is 1.43. The van der Waals surface area contributed by atoms with Crippen LogP contribution in [-0.2, 0) is 9.59 Å². The van der Waals surface area contributed by atoms with Gasteiger partial charge in [0.05, 0.1) is 18.4 Å². The first-order chi connectivity index (χ1) is 12.1. The zero-order chi connectivity index (χ0) is 17.6. The van der Waals surface area contributed by atoms with E-state index in [9.17, 15) is 14.7 Å². The average molecular weight is 343 g/mol. The van der Waals surface area contributed by atoms with Gasteiger partial charge in [0.1, 0.15) is 0 Å². The standard InChI is InChI=1S/C19H25N3O3/c23-16-8-6-15(7-9-16)20-18(24)10-11-19(25)22-13-12-17(21-22)14-4-2-1-3-5-14/h1-5,15-16,23H,6-13H2,(H,20,24). The van der Waals surface area contributed by atoms with Crippen LogP contribution in [0.5, 0.6) is 0 Å². The topological polar surface area (TPSA) is 82.0 Å². The maximum absolute atomic E-state index is 12.3. The van der Waals surface area contributed by atoms with Gasteiger partial charge in [-0.2, -0.15) is 5.10 Å². The van der Waals surface area contributed by atoms with E-state index in [-0.39, 0.29) is 36.8 Å². The summed E-state index contributed by atoms with van der Waals surface area (Å²) in [6.45, 7) is 0.575. The van der Waals surface area contributed by atoms with Crippen molar-refractivity contribution in [3.8, 4) is 0 Å². The first-order valence-corrected chi connectivity index (χ1v) is 9.02. The first-order valence-electron chi connectivity index (χ1n) is 9.02. The van der Waals surface area contributed by atoms with Crippen LogP contribution in [0.3, 0.4) is 0 Å². The Hall–Kier alpha value is -2.21. The normalized spacial score (nSPS) is 23.2. The van der Waals surface area contributed by atoms with Gasteiger partial charge in [-0.25, -0.2) is 5.01 Å². The van der Waals surface area contributed by atoms with Crippen LogP contribution in [0, 0.1) is 0 Å². The van der Waals surface area contributed by atoms with Crippen LogP contribution in [0.1, 0.15) is 50.5 Å². The van der Waals surface area contributed by atoms with Gasteiger partial charge in [-0.3, -0.25) is 9.59 Å². The number of benzene rings is 1. The molecule has 2 amide bonds. The van der Waals surface area contributed by atoms with Crippen molar-refractivity contribution in [1.29, 1.82) is 0 Å². The molecular weight excluding hydrogens is 318 g/mol. The molecule has 1 aromatic rings. The number of nitrogens with zero attached hydrogens (tertiary/aromatic N) is 2. The average Bonchev–Trinajstić information content (AvgIpc) is 3.13. The van der Waals surface area contributed by atoms with Crippen LogP contribution in [0.25, 0.3) is 0 Å². The summed E-state index contributed by atoms with van der Waals surface area (Å²) in [4.78, 5) is 24.3. The van der Waals surface area contributed by atoms with Gasteiger partial charge >= 0.3 is 0 Å². The zero-order valence-corrected chi connectivity index (χ0v) is 14.4. The molecule has 1 aliphatic heterocycles. The summed E-state index contributed by atoms with van der Waals surface area (Å²) in [6, 6.07) is 9.96. The van der Waals surface area contributed by atoms with Crippen molar-refractivity contribution in [3.05, 3.63) is 35.9 Å². The SMILES string of the molecule is O=C(CCC(=O)N1CCC(c2ccccc2)=N1)NC1CCC(O)CC1. The molecule has 0 aromatic heterocycles. The van der Waals surface area contributed by atoms with Crippen LogP contribution in [0.4, 0.5) is 0 Å². The summed E-state index contributed by atoms with van der Waals surface area (Å²) in [5, 5.41) is 18.3. The Morgan fingerprint density at radius 1 is 1.12 bits per heavy atom. The minimum atomic E-state index is -0.235. The molecule has 25 heavy (non-hydrogen) atoms. The van der Waals surface area contributed by atoms with Crippen LogP contribution >= 0.6 is 0 Å². The Kier molecular flexibility index (Phi) is 5.81. The van der Waals surface area contributed by atoms with Crippen LogP contribution < -0.4 is 5.32 Å². The van der Waals surface area contributed by atoms with Crippen LogP contribution in [-0.4, -0.2) is 46.3 Å². The monoisotopic (exact) mass is 343 g/mol. The Labute approximate surface area is 147 Å². The molecule has 1 aliphatic carbocycles. The number of carbonyl (C=O) groups excluding carboxylic acids is 2. The molecule has 0 radical (unpaired) electrons. The van der Waals surface area contributed by atoms with Gasteiger partial charge in [0.2, 0.25) is 11.8 Å². The van der Waals surface area contributed by atoms with E-state index in [1.54, 1.807) is 0 Å². The molecule has 6 nitrogen and oxygen atoms in total. The van der Waals surface area contributed by atoms with Crippen molar-refractivity contribution >= 4 is 17.5 Å². The van der Waals surface area contributed by atoms with Crippen molar-refractivity contribution in [2.45, 2.75) is 57.1 Å². The lowest BCUT2D eigenvalue weighted by atomic mass is 9.93. The van der Waals surface area contributed by atoms with Gasteiger partial charge in [-0.05, 0) is 31.2 Å². The Morgan fingerprint density at radius 2 is 1.84 bits per heavy atom. The highest BCUT2D eigenvalue weighted by Gasteiger charge is 2.23. The fourth-order valence-electron chi connectivity index (χ4n) is 3.34. The van der Waals surface area contributed by atoms with Crippen molar-refractivity contribution in [1.82, 2.24) is 10.3 Å². The van der Waals surface area contributed by atoms with Crippen molar-refractivity contribution in [3.63, 3.8) is 0 Å². The van der Waals surface area contributed by atoms with E-state index in [4.69, 9.17) is 0 Å². The molecule has 0 saturated heterocycles. The summed E-state index contributed by atoms with van der Waals surface area (Å²) >= 11 is 0. The van der Waals surface area contributed by atoms with E-state index < -0.39 is 0 Å². The summed E-state index contributed by atoms with van der Waals surface area (Å²) in [7, 11) is 0. The molecule has 1 heterocycles. The van der Waals surface area contributed by atoms with Crippen molar-refractivity contribution in [2.75, 3.05) is 6.54 Å². The smallest absolute Gasteiger partial charge is 0.243 e. The lowest BCUT2D eigenvalue weighted by Gasteiger charge is -2.26. The van der Waals surface area contributed by atoms with E-state index in [1.165, 1.54) is 5.01 Å². The number of hydrogen-bond acceptors (Lipinski definition) is 4. The third-order valence-electron chi connectivity index (χ3n) is 4.82. The summed E-state index contributed by atoms with van der Waals surface area (Å²) in [5.41, 5.74) is 1.95. The molecule has 0 unspecified atom stereocenters. The molecular formula is C19H25N3O3. The number of carbonyl (C=O) groups is 2. The van der Waals surface area contributed by atoms with E-state index in [2.05, 4.69) is 10.4 Å². The fraction of sp³-hybridized carbons (Fsp3) is 0.526. The maximum Gasteiger partial charge on any atom is 0.243 e. The third kappa shape index (κ3) is 4.89. The Morgan fingerprint density at radius 3 is 2.56 bits per heavy atom. The molecule has 134 valence electrons. The van der Waals surface area contributed by atoms with Gasteiger partial charge in [-0.15, -0.1) is 0 Å². The minimum absolute atomic E-state index is 0.0961. The lowest BCUT2D eigenvalue weighted by molar-refractivity contribution is -0.133. The van der Waals surface area contributed by atoms with E-state index in [1.807, 2.05) is 30.3 Å². The fourth-order valence-corrected chi connectivity index (χ4v) is 3.34. The second-order valence-corrected chi connectivity index (χ2v) is 6.75. The first kappa shape index (κ1) is 17.6. The highest BCUT2D eigenvalue weighted by Crippen LogP contribution is 2.19. The zero-order valence-electron chi connectivity index (χ0n) is 14.4. The quantitative estimate of drug-likeness (QED) is 0.856. The number of aliphatic hydroxyl groups excluding tert-OH is 1. The molecule has 6 heteroatoms. The molecule has 1 saturated carbocycles. The van der Waals surface area contributed by atoms with Gasteiger partial charge < -0.3 is 10.4 Å². The second kappa shape index (κ2) is 8.25. The van der Waals surface area contributed by atoms with Crippen molar-refractivity contribution < 1.29 is 14.7 Å². The molecule has 0 atom stereocenters. The second-order valence-electron chi connectivity index (χ2n) is 6.75. The number of hydrogen-bond donors (Lipinski definition) is 2. The van der Waals surface area contributed by atoms with E-state index >= 15 is 0 Å². The lowest BCUT2D eigenvalue weighted by Crippen LogP contribution is -2.39. The van der Waals surface area contributed by atoms with Gasteiger partial charge in [-0.1, -0.05) is 30.3 Å². The third-order valence-corrected chi connectivity index (χ3v) is 4.82. The molecule has 0 spiro atoms. The number of hydrazone groups is 1. The highest BCUT2D eigenvalue weighted by atomic mass is 16.3. The number of amides is 2. The highest BCUT2D eigenvalue weighted by molar-refractivity contribution is 6.02. The van der Waals surface area contributed by atoms with E-state index in [0.717, 1.165) is 43.4 Å². The van der Waals surface area contributed by atoms with Crippen molar-refractivity contribution in [2.24, 2.45) is 5.10 Å². The van der Waals surface area contributed by atoms with Gasteiger partial charge in [0, 0.05) is 25.3 Å². The summed E-state index contributed by atoms with van der Waals surface area (Å²) in [5.74, 6) is -0.207. The van der Waals surface area contributed by atoms with E-state index in [0.29, 0.717) is 6.54 Å². The Bertz CT molecular complexity index is 637.